The molecule has 1 atom stereocenters. The normalized spacial score (nSPS) is 15.5. The van der Waals surface area contributed by atoms with E-state index in [2.05, 4.69) is 11.9 Å². The van der Waals surface area contributed by atoms with E-state index in [4.69, 9.17) is 4.74 Å². The Morgan fingerprint density at radius 1 is 1.04 bits per heavy atom. The number of carbonyl (C=O) groups excluding carboxylic acids is 1. The van der Waals surface area contributed by atoms with E-state index in [1.165, 1.54) is 0 Å². The van der Waals surface area contributed by atoms with Crippen molar-refractivity contribution < 1.29 is 9.53 Å². The fraction of sp³-hybridized carbons (Fsp3) is 0.125. The zero-order chi connectivity index (χ0) is 19.5. The molecule has 0 saturated carbocycles. The second-order valence-corrected chi connectivity index (χ2v) is 6.77. The molecular formula is C24H22N2O2. The number of ether oxygens (including phenoxy) is 1. The molecule has 4 rings (SSSR count). The lowest BCUT2D eigenvalue weighted by Gasteiger charge is -2.38. The van der Waals surface area contributed by atoms with Gasteiger partial charge < -0.3 is 10.1 Å². The van der Waals surface area contributed by atoms with Crippen LogP contribution in [0.3, 0.4) is 0 Å². The first-order valence-electron chi connectivity index (χ1n) is 9.27. The number of rotatable bonds is 5. The van der Waals surface area contributed by atoms with Gasteiger partial charge in [-0.1, -0.05) is 54.6 Å². The Kier molecular flexibility index (Phi) is 4.85. The predicted molar refractivity (Wildman–Crippen MR) is 113 cm³/mol. The maximum Gasteiger partial charge on any atom is 0.262 e. The van der Waals surface area contributed by atoms with Crippen molar-refractivity contribution in [3.05, 3.63) is 102 Å². The minimum absolute atomic E-state index is 0.0183. The van der Waals surface area contributed by atoms with E-state index >= 15 is 0 Å². The SMILES string of the molecule is C=CCOc1ccc([C@@H]2Nc3ccccc3C(=O)N2c2ccc(C)cc2)cc1. The average molecular weight is 370 g/mol. The van der Waals surface area contributed by atoms with Gasteiger partial charge in [0.1, 0.15) is 18.5 Å². The van der Waals surface area contributed by atoms with Crippen LogP contribution in [0.2, 0.25) is 0 Å². The molecule has 1 aliphatic heterocycles. The largest absolute Gasteiger partial charge is 0.490 e. The van der Waals surface area contributed by atoms with Gasteiger partial charge in [-0.2, -0.15) is 0 Å². The predicted octanol–water partition coefficient (Wildman–Crippen LogP) is 5.33. The van der Waals surface area contributed by atoms with Gasteiger partial charge in [0.2, 0.25) is 0 Å². The third kappa shape index (κ3) is 3.37. The van der Waals surface area contributed by atoms with Crippen LogP contribution < -0.4 is 15.0 Å². The van der Waals surface area contributed by atoms with E-state index in [-0.39, 0.29) is 12.1 Å². The van der Waals surface area contributed by atoms with E-state index in [0.29, 0.717) is 12.2 Å². The lowest BCUT2D eigenvalue weighted by molar-refractivity contribution is 0.0975. The Bertz CT molecular complexity index is 994. The van der Waals surface area contributed by atoms with E-state index < -0.39 is 0 Å². The Morgan fingerprint density at radius 2 is 1.75 bits per heavy atom. The number of carbonyl (C=O) groups is 1. The number of aryl methyl sites for hydroxylation is 1. The summed E-state index contributed by atoms with van der Waals surface area (Å²) in [4.78, 5) is 15.2. The van der Waals surface area contributed by atoms with Gasteiger partial charge in [-0.25, -0.2) is 0 Å². The molecule has 3 aromatic carbocycles. The quantitative estimate of drug-likeness (QED) is 0.617. The molecular weight excluding hydrogens is 348 g/mol. The van der Waals surface area contributed by atoms with Crippen LogP contribution in [0.4, 0.5) is 11.4 Å². The molecule has 3 aromatic rings. The molecule has 0 radical (unpaired) electrons. The summed E-state index contributed by atoms with van der Waals surface area (Å²) in [5, 5.41) is 3.52. The first-order chi connectivity index (χ1) is 13.7. The number of para-hydroxylation sites is 1. The van der Waals surface area contributed by atoms with E-state index in [1.807, 2.05) is 79.7 Å². The fourth-order valence-corrected chi connectivity index (χ4v) is 3.36. The van der Waals surface area contributed by atoms with Crippen LogP contribution in [0.5, 0.6) is 5.75 Å². The van der Waals surface area contributed by atoms with Gasteiger partial charge in [0, 0.05) is 11.4 Å². The van der Waals surface area contributed by atoms with Gasteiger partial charge in [-0.05, 0) is 48.9 Å². The molecule has 28 heavy (non-hydrogen) atoms. The van der Waals surface area contributed by atoms with Crippen molar-refractivity contribution in [3.63, 3.8) is 0 Å². The summed E-state index contributed by atoms with van der Waals surface area (Å²) < 4.78 is 5.58. The first-order valence-corrected chi connectivity index (χ1v) is 9.27. The number of anilines is 2. The number of hydrogen-bond donors (Lipinski definition) is 1. The molecule has 0 fully saturated rings. The average Bonchev–Trinajstić information content (AvgIpc) is 2.73. The van der Waals surface area contributed by atoms with Crippen LogP contribution in [0.25, 0.3) is 0 Å². The van der Waals surface area contributed by atoms with E-state index in [0.717, 1.165) is 28.3 Å². The second kappa shape index (κ2) is 7.61. The fourth-order valence-electron chi connectivity index (χ4n) is 3.36. The van der Waals surface area contributed by atoms with E-state index in [9.17, 15) is 4.79 Å². The summed E-state index contributed by atoms with van der Waals surface area (Å²) in [6, 6.07) is 23.4. The maximum absolute atomic E-state index is 13.3. The number of amides is 1. The molecule has 1 aliphatic rings. The summed E-state index contributed by atoms with van der Waals surface area (Å²) in [5.41, 5.74) is 4.50. The monoisotopic (exact) mass is 370 g/mol. The van der Waals surface area contributed by atoms with Crippen molar-refractivity contribution in [2.45, 2.75) is 13.1 Å². The van der Waals surface area contributed by atoms with Crippen LogP contribution >= 0.6 is 0 Å². The van der Waals surface area contributed by atoms with Gasteiger partial charge in [0.15, 0.2) is 0 Å². The second-order valence-electron chi connectivity index (χ2n) is 6.77. The Hall–Kier alpha value is -3.53. The number of hydrogen-bond acceptors (Lipinski definition) is 3. The third-order valence-corrected chi connectivity index (χ3v) is 4.80. The lowest BCUT2D eigenvalue weighted by Crippen LogP contribution is -2.43. The molecule has 0 spiro atoms. The number of benzene rings is 3. The third-order valence-electron chi connectivity index (χ3n) is 4.80. The molecule has 0 bridgehead atoms. The minimum atomic E-state index is -0.307. The van der Waals surface area contributed by atoms with Crippen molar-refractivity contribution in [2.75, 3.05) is 16.8 Å². The molecule has 0 aromatic heterocycles. The summed E-state index contributed by atoms with van der Waals surface area (Å²) in [6.07, 6.45) is 1.41. The van der Waals surface area contributed by atoms with Crippen LogP contribution in [0, 0.1) is 6.92 Å². The lowest BCUT2D eigenvalue weighted by atomic mass is 10.0. The highest BCUT2D eigenvalue weighted by Gasteiger charge is 2.33. The number of nitrogens with zero attached hydrogens (tertiary/aromatic N) is 1. The Balaban J connectivity index is 1.75. The van der Waals surface area contributed by atoms with Crippen LogP contribution in [-0.2, 0) is 0 Å². The molecule has 4 nitrogen and oxygen atoms in total. The standard InChI is InChI=1S/C24H22N2O2/c1-3-16-28-20-14-10-18(11-15-20)23-25-22-7-5-4-6-21(22)24(27)26(23)19-12-8-17(2)9-13-19/h3-15,23,25H,1,16H2,2H3/t23-/m1/s1. The highest BCUT2D eigenvalue weighted by Crippen LogP contribution is 2.37. The molecule has 1 heterocycles. The topological polar surface area (TPSA) is 41.6 Å². The highest BCUT2D eigenvalue weighted by molar-refractivity contribution is 6.12. The van der Waals surface area contributed by atoms with Gasteiger partial charge in [-0.15, -0.1) is 0 Å². The summed E-state index contributed by atoms with van der Waals surface area (Å²) in [7, 11) is 0. The molecule has 0 saturated heterocycles. The zero-order valence-electron chi connectivity index (χ0n) is 15.8. The number of nitrogens with one attached hydrogen (secondary N) is 1. The van der Waals surface area contributed by atoms with Crippen molar-refractivity contribution in [3.8, 4) is 5.75 Å². The Labute approximate surface area is 165 Å². The van der Waals surface area contributed by atoms with Crippen LogP contribution in [0.1, 0.15) is 27.7 Å². The van der Waals surface area contributed by atoms with Crippen LogP contribution in [-0.4, -0.2) is 12.5 Å². The van der Waals surface area contributed by atoms with Crippen LogP contribution in [0.15, 0.2) is 85.5 Å². The van der Waals surface area contributed by atoms with Crippen molar-refractivity contribution in [2.24, 2.45) is 0 Å². The highest BCUT2D eigenvalue weighted by atomic mass is 16.5. The molecule has 1 amide bonds. The zero-order valence-corrected chi connectivity index (χ0v) is 15.8. The molecule has 0 unspecified atom stereocenters. The van der Waals surface area contributed by atoms with Gasteiger partial charge in [-0.3, -0.25) is 9.69 Å². The first kappa shape index (κ1) is 17.9. The van der Waals surface area contributed by atoms with Gasteiger partial charge in [0.25, 0.3) is 5.91 Å². The molecule has 4 heteroatoms. The summed E-state index contributed by atoms with van der Waals surface area (Å²) in [5.74, 6) is 0.753. The number of fused-ring (bicyclic) bond motifs is 1. The molecule has 140 valence electrons. The van der Waals surface area contributed by atoms with Crippen molar-refractivity contribution in [1.82, 2.24) is 0 Å². The van der Waals surface area contributed by atoms with Gasteiger partial charge >= 0.3 is 0 Å². The summed E-state index contributed by atoms with van der Waals surface area (Å²) >= 11 is 0. The maximum atomic E-state index is 13.3. The minimum Gasteiger partial charge on any atom is -0.490 e. The van der Waals surface area contributed by atoms with Crippen molar-refractivity contribution >= 4 is 17.3 Å². The van der Waals surface area contributed by atoms with Crippen molar-refractivity contribution in [1.29, 1.82) is 0 Å². The molecule has 1 N–H and O–H groups in total. The van der Waals surface area contributed by atoms with Gasteiger partial charge in [0.05, 0.1) is 5.56 Å². The Morgan fingerprint density at radius 3 is 2.46 bits per heavy atom. The molecule has 0 aliphatic carbocycles. The van der Waals surface area contributed by atoms with E-state index in [1.54, 1.807) is 11.0 Å². The smallest absolute Gasteiger partial charge is 0.262 e. The summed E-state index contributed by atoms with van der Waals surface area (Å²) in [6.45, 7) is 6.16.